The normalized spacial score (nSPS) is 16.3. The molecule has 3 heterocycles. The largest absolute Gasteiger partial charge is 0.481 e. The van der Waals surface area contributed by atoms with Gasteiger partial charge in [0, 0.05) is 24.0 Å². The first-order valence-corrected chi connectivity index (χ1v) is 13.3. The fourth-order valence-electron chi connectivity index (χ4n) is 5.18. The molecule has 5 rings (SSSR count). The molecule has 3 aromatic heterocycles. The van der Waals surface area contributed by atoms with Crippen LogP contribution in [0.25, 0.3) is 0 Å². The third kappa shape index (κ3) is 6.13. The molecule has 0 spiro atoms. The van der Waals surface area contributed by atoms with Gasteiger partial charge in [0.1, 0.15) is 17.4 Å². The third-order valence-corrected chi connectivity index (χ3v) is 7.33. The average molecular weight is 560 g/mol. The number of carbonyl (C=O) groups excluding carboxylic acids is 2. The summed E-state index contributed by atoms with van der Waals surface area (Å²) in [5.41, 5.74) is 0.142. The number of pyridine rings is 1. The van der Waals surface area contributed by atoms with E-state index in [0.717, 1.165) is 31.7 Å². The molecule has 2 N–H and O–H groups in total. The van der Waals surface area contributed by atoms with Crippen LogP contribution in [0.1, 0.15) is 67.3 Å². The number of alkyl halides is 3. The molecule has 3 aromatic rings. The van der Waals surface area contributed by atoms with Crippen LogP contribution >= 0.6 is 0 Å². The van der Waals surface area contributed by atoms with E-state index in [1.165, 1.54) is 24.1 Å². The maximum atomic E-state index is 13.6. The molecule has 40 heavy (non-hydrogen) atoms. The van der Waals surface area contributed by atoms with Crippen molar-refractivity contribution in [3.05, 3.63) is 53.7 Å². The minimum Gasteiger partial charge on any atom is -0.481 e. The predicted molar refractivity (Wildman–Crippen MR) is 139 cm³/mol. The molecule has 0 bridgehead atoms. The van der Waals surface area contributed by atoms with Gasteiger partial charge in [-0.15, -0.1) is 0 Å². The summed E-state index contributed by atoms with van der Waals surface area (Å²) in [5, 5.41) is 14.4. The smallest absolute Gasteiger partial charge is 0.433 e. The Balaban J connectivity index is 1.32. The van der Waals surface area contributed by atoms with Gasteiger partial charge < -0.3 is 15.4 Å². The number of carbonyl (C=O) groups is 2. The second-order valence-corrected chi connectivity index (χ2v) is 10.7. The highest BCUT2D eigenvalue weighted by Crippen LogP contribution is 2.51. The van der Waals surface area contributed by atoms with Crippen molar-refractivity contribution in [1.29, 1.82) is 0 Å². The van der Waals surface area contributed by atoms with Crippen molar-refractivity contribution in [3.63, 3.8) is 0 Å². The molecule has 2 fully saturated rings. The molecule has 10 nitrogen and oxygen atoms in total. The van der Waals surface area contributed by atoms with Gasteiger partial charge in [-0.25, -0.2) is 4.98 Å². The minimum atomic E-state index is -4.59. The van der Waals surface area contributed by atoms with E-state index >= 15 is 0 Å². The van der Waals surface area contributed by atoms with Crippen molar-refractivity contribution in [2.45, 2.75) is 64.3 Å². The maximum Gasteiger partial charge on any atom is 0.433 e. The highest BCUT2D eigenvalue weighted by atomic mass is 19.4. The zero-order valence-electron chi connectivity index (χ0n) is 22.5. The zero-order chi connectivity index (χ0) is 28.6. The number of halogens is 3. The number of hydrogen-bond acceptors (Lipinski definition) is 6. The Morgan fingerprint density at radius 3 is 2.40 bits per heavy atom. The molecule has 2 saturated carbocycles. The highest BCUT2D eigenvalue weighted by Gasteiger charge is 2.48. The minimum absolute atomic E-state index is 0.0185. The van der Waals surface area contributed by atoms with E-state index in [-0.39, 0.29) is 36.2 Å². The lowest BCUT2D eigenvalue weighted by Crippen LogP contribution is -2.50. The lowest BCUT2D eigenvalue weighted by atomic mass is 9.88. The number of nitrogens with one attached hydrogen (secondary N) is 2. The van der Waals surface area contributed by atoms with Crippen LogP contribution in [0.4, 0.5) is 18.9 Å². The van der Waals surface area contributed by atoms with E-state index in [2.05, 4.69) is 25.8 Å². The van der Waals surface area contributed by atoms with Gasteiger partial charge >= 0.3 is 6.18 Å². The van der Waals surface area contributed by atoms with Crippen LogP contribution in [0.15, 0.2) is 36.8 Å². The van der Waals surface area contributed by atoms with Gasteiger partial charge in [-0.3, -0.25) is 19.0 Å². The first-order chi connectivity index (χ1) is 19.0. The van der Waals surface area contributed by atoms with Gasteiger partial charge in [-0.1, -0.05) is 0 Å². The van der Waals surface area contributed by atoms with Crippen molar-refractivity contribution in [3.8, 4) is 5.88 Å². The average Bonchev–Trinajstić information content (AvgIpc) is 3.83. The molecule has 2 amide bonds. The summed E-state index contributed by atoms with van der Waals surface area (Å²) < 4.78 is 47.2. The third-order valence-electron chi connectivity index (χ3n) is 7.33. The summed E-state index contributed by atoms with van der Waals surface area (Å²) in [6.07, 6.45) is 4.14. The van der Waals surface area contributed by atoms with Gasteiger partial charge in [-0.2, -0.15) is 23.4 Å². The lowest BCUT2D eigenvalue weighted by molar-refractivity contribution is -0.141. The number of rotatable bonds is 11. The zero-order valence-corrected chi connectivity index (χ0v) is 22.5. The van der Waals surface area contributed by atoms with Crippen molar-refractivity contribution < 1.29 is 27.5 Å². The summed E-state index contributed by atoms with van der Waals surface area (Å²) >= 11 is 0. The molecule has 0 aromatic carbocycles. The molecule has 2 aliphatic rings. The van der Waals surface area contributed by atoms with E-state index in [4.69, 9.17) is 4.74 Å². The SMILES string of the molecule is COc1nc(C(F)(F)F)ccc1Cn1cc(NC(=O)[C@@H](NC(=O)c2ccnn2C(C)C)C(C2CC2)C2CC2)cn1. The molecule has 0 unspecified atom stereocenters. The van der Waals surface area contributed by atoms with Gasteiger partial charge in [0.05, 0.1) is 25.5 Å². The predicted octanol–water partition coefficient (Wildman–Crippen LogP) is 4.30. The monoisotopic (exact) mass is 559 g/mol. The second-order valence-electron chi connectivity index (χ2n) is 10.7. The van der Waals surface area contributed by atoms with E-state index < -0.39 is 17.9 Å². The van der Waals surface area contributed by atoms with E-state index in [1.54, 1.807) is 23.1 Å². The Morgan fingerprint density at radius 2 is 1.80 bits per heavy atom. The molecule has 214 valence electrons. The van der Waals surface area contributed by atoms with Crippen LogP contribution < -0.4 is 15.4 Å². The van der Waals surface area contributed by atoms with E-state index in [1.807, 2.05) is 13.8 Å². The first kappa shape index (κ1) is 27.7. The molecule has 13 heteroatoms. The molecule has 2 aliphatic carbocycles. The molecular formula is C27H32F3N7O3. The van der Waals surface area contributed by atoms with E-state index in [9.17, 15) is 22.8 Å². The number of hydrogen-bond donors (Lipinski definition) is 2. The number of nitrogens with zero attached hydrogens (tertiary/aromatic N) is 5. The second kappa shape index (κ2) is 10.9. The van der Waals surface area contributed by atoms with Crippen molar-refractivity contribution in [2.24, 2.45) is 17.8 Å². The summed E-state index contributed by atoms with van der Waals surface area (Å²) in [7, 11) is 1.25. The van der Waals surface area contributed by atoms with Crippen molar-refractivity contribution in [1.82, 2.24) is 29.9 Å². The number of ether oxygens (including phenoxy) is 1. The molecule has 0 aliphatic heterocycles. The Bertz CT molecular complexity index is 1360. The standard InChI is InChI=1S/C27H32F3N7O3/c1-15(2)37-20(10-11-31-37)24(38)35-23(22(16-4-5-16)17-6-7-17)25(39)33-19-12-32-36(14-19)13-18-8-9-21(27(28,29)30)34-26(18)40-3/h8-12,14-17,22-23H,4-7,13H2,1-3H3,(H,33,39)(H,35,38)/t23-/m0/s1. The Kier molecular flexibility index (Phi) is 7.56. The van der Waals surface area contributed by atoms with E-state index in [0.29, 0.717) is 28.8 Å². The summed E-state index contributed by atoms with van der Waals surface area (Å²) in [6, 6.07) is 3.07. The van der Waals surface area contributed by atoms with Crippen molar-refractivity contribution in [2.75, 3.05) is 12.4 Å². The number of methoxy groups -OCH3 is 1. The van der Waals surface area contributed by atoms with Crippen LogP contribution in [0.3, 0.4) is 0 Å². The fourth-order valence-corrected chi connectivity index (χ4v) is 5.18. The van der Waals surface area contributed by atoms with Gasteiger partial charge in [-0.05, 0) is 75.5 Å². The highest BCUT2D eigenvalue weighted by molar-refractivity contribution is 6.00. The van der Waals surface area contributed by atoms with Crippen LogP contribution in [0.2, 0.25) is 0 Å². The molecule has 0 radical (unpaired) electrons. The lowest BCUT2D eigenvalue weighted by Gasteiger charge is -2.27. The Labute approximate surface area is 229 Å². The quantitative estimate of drug-likeness (QED) is 0.362. The maximum absolute atomic E-state index is 13.6. The van der Waals surface area contributed by atoms with Gasteiger partial charge in [0.2, 0.25) is 11.8 Å². The molecule has 1 atom stereocenters. The Hall–Kier alpha value is -3.90. The number of aromatic nitrogens is 5. The van der Waals surface area contributed by atoms with Crippen LogP contribution in [-0.2, 0) is 17.5 Å². The summed E-state index contributed by atoms with van der Waals surface area (Å²) in [6.45, 7) is 3.94. The molecule has 0 saturated heterocycles. The number of anilines is 1. The van der Waals surface area contributed by atoms with Crippen LogP contribution in [0, 0.1) is 17.8 Å². The van der Waals surface area contributed by atoms with Crippen LogP contribution in [-0.4, -0.2) is 49.5 Å². The first-order valence-electron chi connectivity index (χ1n) is 13.3. The fraction of sp³-hybridized carbons (Fsp3) is 0.519. The topological polar surface area (TPSA) is 116 Å². The summed E-state index contributed by atoms with van der Waals surface area (Å²) in [5.74, 6) is -0.0221. The molecular weight excluding hydrogens is 527 g/mol. The number of amides is 2. The summed E-state index contributed by atoms with van der Waals surface area (Å²) in [4.78, 5) is 30.5. The van der Waals surface area contributed by atoms with Crippen LogP contribution in [0.5, 0.6) is 5.88 Å². The van der Waals surface area contributed by atoms with Gasteiger partial charge in [0.25, 0.3) is 5.91 Å². The Morgan fingerprint density at radius 1 is 1.10 bits per heavy atom. The van der Waals surface area contributed by atoms with Gasteiger partial charge in [0.15, 0.2) is 0 Å². The van der Waals surface area contributed by atoms with Crippen molar-refractivity contribution >= 4 is 17.5 Å².